The lowest BCUT2D eigenvalue weighted by molar-refractivity contribution is 0.0925. The summed E-state index contributed by atoms with van der Waals surface area (Å²) in [7, 11) is 1.69. The van der Waals surface area contributed by atoms with Crippen LogP contribution in [0.25, 0.3) is 0 Å². The van der Waals surface area contributed by atoms with Crippen LogP contribution in [-0.2, 0) is 11.2 Å². The number of rotatable bonds is 7. The molecule has 1 aromatic heterocycles. The Morgan fingerprint density at radius 3 is 2.63 bits per heavy atom. The molecule has 0 bridgehead atoms. The van der Waals surface area contributed by atoms with Gasteiger partial charge in [0.2, 0.25) is 5.78 Å². The van der Waals surface area contributed by atoms with E-state index >= 15 is 0 Å². The minimum atomic E-state index is 0.0125. The van der Waals surface area contributed by atoms with Crippen LogP contribution in [0.3, 0.4) is 0 Å². The fourth-order valence-electron chi connectivity index (χ4n) is 1.63. The molecule has 0 saturated carbocycles. The number of carbonyl (C=O) groups is 1. The van der Waals surface area contributed by atoms with Crippen LogP contribution in [0.4, 0.5) is 0 Å². The molecule has 100 valence electrons. The van der Waals surface area contributed by atoms with Crippen LogP contribution >= 0.6 is 11.3 Å². The fraction of sp³-hybridized carbons (Fsp3) is 0.267. The molecule has 0 radical (unpaired) electrons. The van der Waals surface area contributed by atoms with Gasteiger partial charge in [-0.3, -0.25) is 4.79 Å². The van der Waals surface area contributed by atoms with Gasteiger partial charge in [-0.1, -0.05) is 18.2 Å². The first-order valence-electron chi connectivity index (χ1n) is 6.07. The molecule has 0 fully saturated rings. The van der Waals surface area contributed by atoms with E-state index in [2.05, 4.69) is 0 Å². The van der Waals surface area contributed by atoms with Gasteiger partial charge in [0, 0.05) is 7.11 Å². The molecule has 0 atom stereocenters. The van der Waals surface area contributed by atoms with Crippen molar-refractivity contribution >= 4 is 17.1 Å². The van der Waals surface area contributed by atoms with Gasteiger partial charge in [-0.2, -0.15) is 0 Å². The highest BCUT2D eigenvalue weighted by atomic mass is 32.1. The fourth-order valence-corrected chi connectivity index (χ4v) is 2.28. The van der Waals surface area contributed by atoms with Gasteiger partial charge in [-0.15, -0.1) is 11.3 Å². The van der Waals surface area contributed by atoms with Crippen LogP contribution in [0.1, 0.15) is 15.2 Å². The van der Waals surface area contributed by atoms with Gasteiger partial charge in [-0.25, -0.2) is 0 Å². The molecule has 2 rings (SSSR count). The topological polar surface area (TPSA) is 35.5 Å². The second kappa shape index (κ2) is 7.07. The second-order valence-corrected chi connectivity index (χ2v) is 5.02. The number of Topliss-reactive ketones (excluding diaryl/α,β-unsaturated/α-hetero) is 1. The number of benzene rings is 1. The van der Waals surface area contributed by atoms with E-state index in [1.165, 1.54) is 16.9 Å². The summed E-state index contributed by atoms with van der Waals surface area (Å²) in [6.45, 7) is 0.787. The Balaban J connectivity index is 1.84. The first-order chi connectivity index (χ1) is 9.29. The molecule has 0 unspecified atom stereocenters. The van der Waals surface area contributed by atoms with E-state index in [1.807, 2.05) is 41.8 Å². The van der Waals surface area contributed by atoms with Crippen molar-refractivity contribution in [3.63, 3.8) is 0 Å². The first kappa shape index (κ1) is 13.8. The summed E-state index contributed by atoms with van der Waals surface area (Å²) in [5, 5.41) is 1.89. The average molecular weight is 276 g/mol. The first-order valence-corrected chi connectivity index (χ1v) is 6.95. The van der Waals surface area contributed by atoms with Crippen molar-refractivity contribution in [3.8, 4) is 5.75 Å². The number of ether oxygens (including phenoxy) is 2. The number of hydrogen-bond acceptors (Lipinski definition) is 4. The van der Waals surface area contributed by atoms with E-state index in [0.29, 0.717) is 12.4 Å². The van der Waals surface area contributed by atoms with Crippen molar-refractivity contribution in [2.75, 3.05) is 20.3 Å². The molecule has 0 spiro atoms. The summed E-state index contributed by atoms with van der Waals surface area (Å²) in [5.41, 5.74) is 1.19. The molecule has 2 aromatic rings. The van der Waals surface area contributed by atoms with Crippen LogP contribution in [0.15, 0.2) is 41.8 Å². The van der Waals surface area contributed by atoms with Crippen molar-refractivity contribution in [2.24, 2.45) is 0 Å². The summed E-state index contributed by atoms with van der Waals surface area (Å²) in [6, 6.07) is 11.4. The Morgan fingerprint density at radius 2 is 2.00 bits per heavy atom. The normalized spacial score (nSPS) is 10.4. The molecule has 0 N–H and O–H groups in total. The molecule has 1 heterocycles. The summed E-state index contributed by atoms with van der Waals surface area (Å²) in [5.74, 6) is 0.726. The third-order valence-electron chi connectivity index (χ3n) is 2.68. The molecular weight excluding hydrogens is 260 g/mol. The number of ketones is 1. The number of thiophene rings is 1. The molecule has 0 aliphatic heterocycles. The minimum Gasteiger partial charge on any atom is -0.485 e. The van der Waals surface area contributed by atoms with Crippen molar-refractivity contribution < 1.29 is 14.3 Å². The van der Waals surface area contributed by atoms with E-state index in [9.17, 15) is 4.79 Å². The molecule has 19 heavy (non-hydrogen) atoms. The number of hydrogen-bond donors (Lipinski definition) is 0. The molecule has 3 nitrogen and oxygen atoms in total. The third-order valence-corrected chi connectivity index (χ3v) is 3.60. The van der Waals surface area contributed by atoms with Crippen molar-refractivity contribution in [1.29, 1.82) is 0 Å². The zero-order valence-electron chi connectivity index (χ0n) is 10.8. The summed E-state index contributed by atoms with van der Waals surface area (Å²) in [6.07, 6.45) is 0.880. The Bertz CT molecular complexity index is 503. The predicted octanol–water partition coefficient (Wildman–Crippen LogP) is 3.20. The van der Waals surface area contributed by atoms with Gasteiger partial charge in [0.15, 0.2) is 6.61 Å². The van der Waals surface area contributed by atoms with Gasteiger partial charge < -0.3 is 9.47 Å². The number of methoxy groups -OCH3 is 1. The van der Waals surface area contributed by atoms with E-state index in [-0.39, 0.29) is 12.4 Å². The van der Waals surface area contributed by atoms with Crippen molar-refractivity contribution in [1.82, 2.24) is 0 Å². The SMILES string of the molecule is COCCc1ccc(OCC(=O)c2cccs2)cc1. The van der Waals surface area contributed by atoms with Gasteiger partial charge >= 0.3 is 0 Å². The Morgan fingerprint density at radius 1 is 1.21 bits per heavy atom. The predicted molar refractivity (Wildman–Crippen MR) is 76.2 cm³/mol. The van der Waals surface area contributed by atoms with Gasteiger partial charge in [0.1, 0.15) is 5.75 Å². The highest BCUT2D eigenvalue weighted by molar-refractivity contribution is 7.12. The maximum Gasteiger partial charge on any atom is 0.210 e. The minimum absolute atomic E-state index is 0.0125. The molecule has 0 aliphatic rings. The molecule has 0 saturated heterocycles. The molecule has 1 aromatic carbocycles. The maximum atomic E-state index is 11.8. The highest BCUT2D eigenvalue weighted by Gasteiger charge is 2.07. The standard InChI is InChI=1S/C15H16O3S/c1-17-9-8-12-4-6-13(7-5-12)18-11-14(16)15-3-2-10-19-15/h2-7,10H,8-9,11H2,1H3. The lowest BCUT2D eigenvalue weighted by atomic mass is 10.1. The van der Waals surface area contributed by atoms with Crippen molar-refractivity contribution in [2.45, 2.75) is 6.42 Å². The van der Waals surface area contributed by atoms with Crippen LogP contribution in [0.5, 0.6) is 5.75 Å². The average Bonchev–Trinajstić information content (AvgIpc) is 2.98. The molecule has 0 amide bonds. The zero-order valence-corrected chi connectivity index (χ0v) is 11.6. The number of carbonyl (C=O) groups excluding carboxylic acids is 1. The van der Waals surface area contributed by atoms with Gasteiger partial charge in [0.25, 0.3) is 0 Å². The lowest BCUT2D eigenvalue weighted by Gasteiger charge is -2.06. The van der Waals surface area contributed by atoms with Gasteiger partial charge in [0.05, 0.1) is 11.5 Å². The monoisotopic (exact) mass is 276 g/mol. The van der Waals surface area contributed by atoms with E-state index in [4.69, 9.17) is 9.47 Å². The smallest absolute Gasteiger partial charge is 0.210 e. The second-order valence-electron chi connectivity index (χ2n) is 4.08. The van der Waals surface area contributed by atoms with Crippen LogP contribution < -0.4 is 4.74 Å². The maximum absolute atomic E-state index is 11.8. The zero-order chi connectivity index (χ0) is 13.5. The van der Waals surface area contributed by atoms with Crippen molar-refractivity contribution in [3.05, 3.63) is 52.2 Å². The largest absolute Gasteiger partial charge is 0.485 e. The summed E-state index contributed by atoms with van der Waals surface area (Å²) in [4.78, 5) is 12.5. The van der Waals surface area contributed by atoms with Crippen LogP contribution in [-0.4, -0.2) is 26.1 Å². The summed E-state index contributed by atoms with van der Waals surface area (Å²) >= 11 is 1.43. The third kappa shape index (κ3) is 4.19. The summed E-state index contributed by atoms with van der Waals surface area (Å²) < 4.78 is 10.5. The Hall–Kier alpha value is -1.65. The quantitative estimate of drug-likeness (QED) is 0.728. The van der Waals surface area contributed by atoms with E-state index < -0.39 is 0 Å². The van der Waals surface area contributed by atoms with Gasteiger partial charge in [-0.05, 0) is 35.6 Å². The Kier molecular flexibility index (Phi) is 5.12. The van der Waals surface area contributed by atoms with Crippen LogP contribution in [0, 0.1) is 0 Å². The highest BCUT2D eigenvalue weighted by Crippen LogP contribution is 2.14. The van der Waals surface area contributed by atoms with Crippen LogP contribution in [0.2, 0.25) is 0 Å². The van der Waals surface area contributed by atoms with E-state index in [0.717, 1.165) is 11.3 Å². The Labute approximate surface area is 116 Å². The lowest BCUT2D eigenvalue weighted by Crippen LogP contribution is -2.10. The molecule has 0 aliphatic carbocycles. The molecular formula is C15H16O3S. The molecule has 4 heteroatoms. The van der Waals surface area contributed by atoms with E-state index in [1.54, 1.807) is 7.11 Å².